The van der Waals surface area contributed by atoms with Crippen molar-refractivity contribution < 1.29 is 14.6 Å². The molecule has 0 aliphatic carbocycles. The quantitative estimate of drug-likeness (QED) is 0.749. The molecule has 0 atom stereocenters. The van der Waals surface area contributed by atoms with Crippen LogP contribution in [0.2, 0.25) is 5.04 Å². The van der Waals surface area contributed by atoms with Crippen LogP contribution in [0.25, 0.3) is 0 Å². The van der Waals surface area contributed by atoms with Crippen LogP contribution in [0.15, 0.2) is 60.7 Å². The molecule has 1 fully saturated rings. The lowest BCUT2D eigenvalue weighted by molar-refractivity contribution is -0.142. The van der Waals surface area contributed by atoms with Gasteiger partial charge in [0, 0.05) is 5.41 Å². The van der Waals surface area contributed by atoms with Crippen LogP contribution >= 0.6 is 0 Å². The van der Waals surface area contributed by atoms with Crippen molar-refractivity contribution in [1.29, 1.82) is 0 Å². The van der Waals surface area contributed by atoms with Crippen molar-refractivity contribution in [2.75, 3.05) is 19.8 Å². The fourth-order valence-electron chi connectivity index (χ4n) is 3.77. The molecule has 0 saturated carbocycles. The summed E-state index contributed by atoms with van der Waals surface area (Å²) >= 11 is 0. The first kappa shape index (κ1) is 18.3. The number of hydrogen-bond acceptors (Lipinski definition) is 3. The van der Waals surface area contributed by atoms with Crippen LogP contribution < -0.4 is 10.4 Å². The van der Waals surface area contributed by atoms with E-state index < -0.39 is 8.32 Å². The van der Waals surface area contributed by atoms with Gasteiger partial charge in [0.05, 0.1) is 19.8 Å². The molecule has 134 valence electrons. The molecule has 1 aliphatic heterocycles. The lowest BCUT2D eigenvalue weighted by atomic mass is 9.80. The molecule has 0 unspecified atom stereocenters. The highest BCUT2D eigenvalue weighted by molar-refractivity contribution is 6.98. The molecule has 1 aliphatic rings. The number of ether oxygens (including phenoxy) is 1. The van der Waals surface area contributed by atoms with Crippen molar-refractivity contribution in [2.24, 2.45) is 5.41 Å². The zero-order chi connectivity index (χ0) is 18.0. The molecule has 0 amide bonds. The predicted molar refractivity (Wildman–Crippen MR) is 104 cm³/mol. The highest BCUT2D eigenvalue weighted by Crippen LogP contribution is 2.44. The van der Waals surface area contributed by atoms with Gasteiger partial charge in [0.2, 0.25) is 0 Å². The zero-order valence-electron chi connectivity index (χ0n) is 15.1. The summed E-state index contributed by atoms with van der Waals surface area (Å²) in [5.74, 6) is 0. The Kier molecular flexibility index (Phi) is 5.16. The van der Waals surface area contributed by atoms with Gasteiger partial charge >= 0.3 is 0 Å². The molecule has 25 heavy (non-hydrogen) atoms. The van der Waals surface area contributed by atoms with Crippen molar-refractivity contribution in [3.05, 3.63) is 60.7 Å². The van der Waals surface area contributed by atoms with Crippen molar-refractivity contribution in [2.45, 2.75) is 31.7 Å². The van der Waals surface area contributed by atoms with Gasteiger partial charge in [0.1, 0.15) is 0 Å². The predicted octanol–water partition coefficient (Wildman–Crippen LogP) is 2.31. The van der Waals surface area contributed by atoms with Crippen LogP contribution in [0.4, 0.5) is 0 Å². The minimum Gasteiger partial charge on any atom is -0.424 e. The number of aliphatic hydroxyl groups excluding tert-OH is 1. The first-order valence-corrected chi connectivity index (χ1v) is 10.9. The number of aliphatic hydroxyl groups is 1. The maximum absolute atomic E-state index is 12.1. The third-order valence-corrected chi connectivity index (χ3v) is 10.3. The van der Waals surface area contributed by atoms with Crippen molar-refractivity contribution in [3.8, 4) is 0 Å². The van der Waals surface area contributed by atoms with Gasteiger partial charge in [-0.2, -0.15) is 0 Å². The summed E-state index contributed by atoms with van der Waals surface area (Å²) in [5.41, 5.74) is -0.125. The van der Waals surface area contributed by atoms with Crippen LogP contribution in [-0.2, 0) is 4.74 Å². The molecule has 0 aromatic heterocycles. The lowest BCUT2D eigenvalue weighted by Gasteiger charge is -2.46. The first-order chi connectivity index (χ1) is 11.9. The van der Waals surface area contributed by atoms with Crippen LogP contribution in [0.1, 0.15) is 26.7 Å². The Morgan fingerprint density at radius 2 is 1.44 bits per heavy atom. The highest BCUT2D eigenvalue weighted by atomic mass is 28.4. The average molecular weight is 357 g/mol. The highest BCUT2D eigenvalue weighted by Gasteiger charge is 2.51. The first-order valence-electron chi connectivity index (χ1n) is 8.96. The van der Waals surface area contributed by atoms with Crippen LogP contribution in [0.5, 0.6) is 0 Å². The fraction of sp³-hybridized carbons (Fsp3) is 0.429. The summed E-state index contributed by atoms with van der Waals surface area (Å²) in [6, 6.07) is 20.2. The third kappa shape index (κ3) is 3.32. The minimum atomic E-state index is -2.95. The SMILES string of the molecule is CC(C)(CCC1(CO)COC1)[Si](O)(c1ccccc1)c1ccccc1. The largest absolute Gasteiger partial charge is 0.424 e. The Balaban J connectivity index is 1.96. The van der Waals surface area contributed by atoms with E-state index >= 15 is 0 Å². The molecule has 2 aromatic carbocycles. The fourth-order valence-corrected chi connectivity index (χ4v) is 7.50. The van der Waals surface area contributed by atoms with Crippen molar-refractivity contribution in [3.63, 3.8) is 0 Å². The van der Waals surface area contributed by atoms with Gasteiger partial charge in [-0.25, -0.2) is 0 Å². The Labute approximate surface area is 151 Å². The van der Waals surface area contributed by atoms with E-state index in [2.05, 4.69) is 38.1 Å². The van der Waals surface area contributed by atoms with Crippen molar-refractivity contribution in [1.82, 2.24) is 0 Å². The molecule has 0 spiro atoms. The van der Waals surface area contributed by atoms with Crippen LogP contribution in [0.3, 0.4) is 0 Å². The minimum absolute atomic E-state index is 0.125. The van der Waals surface area contributed by atoms with Gasteiger partial charge in [0.15, 0.2) is 0 Å². The molecule has 1 saturated heterocycles. The second kappa shape index (κ2) is 7.04. The third-order valence-electron chi connectivity index (χ3n) is 5.79. The van der Waals surface area contributed by atoms with E-state index in [-0.39, 0.29) is 17.1 Å². The van der Waals surface area contributed by atoms with Gasteiger partial charge in [-0.3, -0.25) is 0 Å². The molecule has 0 bridgehead atoms. The molecule has 0 radical (unpaired) electrons. The molecule has 1 heterocycles. The van der Waals surface area contributed by atoms with Gasteiger partial charge in [-0.1, -0.05) is 74.5 Å². The van der Waals surface area contributed by atoms with E-state index in [1.165, 1.54) is 0 Å². The molecular formula is C21H28O3Si. The monoisotopic (exact) mass is 356 g/mol. The molecule has 3 rings (SSSR count). The van der Waals surface area contributed by atoms with Gasteiger partial charge in [0.25, 0.3) is 8.32 Å². The Morgan fingerprint density at radius 3 is 1.80 bits per heavy atom. The molecule has 2 N–H and O–H groups in total. The van der Waals surface area contributed by atoms with E-state index in [9.17, 15) is 9.90 Å². The summed E-state index contributed by atoms with van der Waals surface area (Å²) in [7, 11) is -2.95. The average Bonchev–Trinajstić information content (AvgIpc) is 2.62. The summed E-state index contributed by atoms with van der Waals surface area (Å²) in [5, 5.41) is 11.5. The second-order valence-corrected chi connectivity index (χ2v) is 11.9. The topological polar surface area (TPSA) is 49.7 Å². The lowest BCUT2D eigenvalue weighted by Crippen LogP contribution is -2.65. The Morgan fingerprint density at radius 1 is 0.960 bits per heavy atom. The molecule has 3 nitrogen and oxygen atoms in total. The van der Waals surface area contributed by atoms with Crippen LogP contribution in [0, 0.1) is 5.41 Å². The summed E-state index contributed by atoms with van der Waals surface area (Å²) in [6.45, 7) is 5.74. The van der Waals surface area contributed by atoms with E-state index in [0.29, 0.717) is 13.2 Å². The van der Waals surface area contributed by atoms with Gasteiger partial charge in [-0.15, -0.1) is 0 Å². The van der Waals surface area contributed by atoms with E-state index in [1.54, 1.807) is 0 Å². The molecular weight excluding hydrogens is 328 g/mol. The summed E-state index contributed by atoms with van der Waals surface area (Å²) in [4.78, 5) is 12.1. The van der Waals surface area contributed by atoms with E-state index in [4.69, 9.17) is 4.74 Å². The number of hydrogen-bond donors (Lipinski definition) is 2. The zero-order valence-corrected chi connectivity index (χ0v) is 16.1. The summed E-state index contributed by atoms with van der Waals surface area (Å²) in [6.07, 6.45) is 1.72. The molecule has 4 heteroatoms. The maximum atomic E-state index is 12.1. The van der Waals surface area contributed by atoms with Crippen LogP contribution in [-0.4, -0.2) is 38.0 Å². The van der Waals surface area contributed by atoms with E-state index in [0.717, 1.165) is 23.2 Å². The second-order valence-electron chi connectivity index (χ2n) is 7.98. The van der Waals surface area contributed by atoms with Gasteiger partial charge < -0.3 is 14.6 Å². The Bertz CT molecular complexity index is 636. The Hall–Kier alpha value is -1.46. The van der Waals surface area contributed by atoms with Gasteiger partial charge in [-0.05, 0) is 28.3 Å². The molecule has 2 aromatic rings. The van der Waals surface area contributed by atoms with E-state index in [1.807, 2.05) is 36.4 Å². The standard InChI is InChI=1S/C21H28O3Si/c1-20(2,13-14-21(15-22)16-24-17-21)25(23,18-9-5-3-6-10-18)19-11-7-4-8-12-19/h3-12,22-23H,13-17H2,1-2H3. The van der Waals surface area contributed by atoms with Crippen molar-refractivity contribution >= 4 is 18.7 Å². The number of rotatable bonds is 7. The number of benzene rings is 2. The maximum Gasteiger partial charge on any atom is 0.258 e. The summed E-state index contributed by atoms with van der Waals surface area (Å²) < 4.78 is 5.34. The smallest absolute Gasteiger partial charge is 0.258 e. The normalized spacial score (nSPS) is 17.1.